The minimum absolute atomic E-state index is 0.0440. The maximum Gasteiger partial charge on any atom is 0.158 e. The van der Waals surface area contributed by atoms with Crippen molar-refractivity contribution in [2.75, 3.05) is 0 Å². The van der Waals surface area contributed by atoms with Crippen molar-refractivity contribution < 1.29 is 14.3 Å². The Morgan fingerprint density at radius 3 is 2.57 bits per heavy atom. The van der Waals surface area contributed by atoms with Crippen molar-refractivity contribution in [1.82, 2.24) is 15.0 Å². The van der Waals surface area contributed by atoms with E-state index >= 15 is 0 Å². The van der Waals surface area contributed by atoms with Gasteiger partial charge in [0.15, 0.2) is 5.78 Å². The number of hydrogen-bond acceptors (Lipinski definition) is 7. The molecule has 4 aliphatic rings. The number of carbonyl (C=O) groups excluding carboxylic acids is 1. The van der Waals surface area contributed by atoms with Gasteiger partial charge in [-0.3, -0.25) is 4.79 Å². The van der Waals surface area contributed by atoms with E-state index in [2.05, 4.69) is 24.2 Å². The quantitative estimate of drug-likeness (QED) is 0.494. The molecule has 2 aromatic rings. The first-order valence-electron chi connectivity index (χ1n) is 13.8. The summed E-state index contributed by atoms with van der Waals surface area (Å²) in [5, 5.41) is 19.1. The van der Waals surface area contributed by atoms with Gasteiger partial charge in [0.1, 0.15) is 17.9 Å². The van der Waals surface area contributed by atoms with Crippen LogP contribution in [-0.2, 0) is 11.3 Å². The van der Waals surface area contributed by atoms with Crippen LogP contribution in [0.3, 0.4) is 0 Å². The molecule has 202 valence electrons. The Morgan fingerprint density at radius 1 is 1.05 bits per heavy atom. The average Bonchev–Trinajstić information content (AvgIpc) is 3.33. The Balaban J connectivity index is 1.30. The molecule has 0 bridgehead atoms. The highest BCUT2D eigenvalue weighted by atomic mass is 19.1. The third kappa shape index (κ3) is 3.17. The van der Waals surface area contributed by atoms with Crippen molar-refractivity contribution in [3.63, 3.8) is 0 Å². The highest BCUT2D eigenvalue weighted by Gasteiger charge is 2.74. The SMILES string of the molecule is CC12CC[C@@]3(N)[C@@H](CC[C@@]4(N)C[C@](C)(O)CC[C@@]43C)[C@]1(N)CC[C@@H]2C(=O)Cn1nnc2ccc(F)cc21. The van der Waals surface area contributed by atoms with E-state index in [1.807, 2.05) is 6.92 Å². The van der Waals surface area contributed by atoms with E-state index in [1.54, 1.807) is 6.07 Å². The number of aromatic nitrogens is 3. The number of fused-ring (bicyclic) bond motifs is 6. The molecule has 1 aromatic heterocycles. The lowest BCUT2D eigenvalue weighted by Crippen LogP contribution is -2.82. The van der Waals surface area contributed by atoms with Crippen molar-refractivity contribution in [1.29, 1.82) is 0 Å². The molecule has 0 aliphatic heterocycles. The first-order chi connectivity index (χ1) is 17.2. The Hall–Kier alpha value is -1.94. The molecule has 4 saturated carbocycles. The molecule has 4 fully saturated rings. The largest absolute Gasteiger partial charge is 0.390 e. The van der Waals surface area contributed by atoms with Crippen LogP contribution in [0.2, 0.25) is 0 Å². The summed E-state index contributed by atoms with van der Waals surface area (Å²) in [4.78, 5) is 13.8. The van der Waals surface area contributed by atoms with Crippen LogP contribution in [0.4, 0.5) is 4.39 Å². The van der Waals surface area contributed by atoms with Crippen molar-refractivity contribution in [3.8, 4) is 0 Å². The van der Waals surface area contributed by atoms with Gasteiger partial charge >= 0.3 is 0 Å². The first kappa shape index (κ1) is 25.3. The summed E-state index contributed by atoms with van der Waals surface area (Å²) in [6.45, 7) is 6.35. The van der Waals surface area contributed by atoms with Crippen LogP contribution in [0.5, 0.6) is 0 Å². The van der Waals surface area contributed by atoms with Gasteiger partial charge in [-0.25, -0.2) is 9.07 Å². The number of carbonyl (C=O) groups is 1. The Labute approximate surface area is 217 Å². The van der Waals surface area contributed by atoms with Crippen molar-refractivity contribution in [3.05, 3.63) is 24.0 Å². The molecule has 0 radical (unpaired) electrons. The maximum atomic E-state index is 13.9. The fourth-order valence-electron chi connectivity index (χ4n) is 9.59. The van der Waals surface area contributed by atoms with Crippen molar-refractivity contribution in [2.45, 2.75) is 107 Å². The predicted octanol–water partition coefficient (Wildman–Crippen LogP) is 2.79. The lowest BCUT2D eigenvalue weighted by Gasteiger charge is -2.72. The van der Waals surface area contributed by atoms with E-state index < -0.39 is 27.6 Å². The predicted molar refractivity (Wildman–Crippen MR) is 139 cm³/mol. The number of nitrogens with zero attached hydrogens (tertiary/aromatic N) is 3. The highest BCUT2D eigenvalue weighted by molar-refractivity contribution is 5.84. The van der Waals surface area contributed by atoms with E-state index in [-0.39, 0.29) is 35.4 Å². The molecule has 1 aromatic carbocycles. The second-order valence-electron chi connectivity index (χ2n) is 13.7. The zero-order valence-corrected chi connectivity index (χ0v) is 22.3. The maximum absolute atomic E-state index is 13.9. The zero-order chi connectivity index (χ0) is 26.6. The van der Waals surface area contributed by atoms with E-state index in [4.69, 9.17) is 17.2 Å². The van der Waals surface area contributed by atoms with Crippen LogP contribution >= 0.6 is 0 Å². The normalized spacial score (nSPS) is 47.4. The summed E-state index contributed by atoms with van der Waals surface area (Å²) in [6.07, 6.45) is 6.52. The number of rotatable bonds is 3. The molecule has 4 aliphatic carbocycles. The zero-order valence-electron chi connectivity index (χ0n) is 22.3. The van der Waals surface area contributed by atoms with E-state index in [9.17, 15) is 14.3 Å². The fourth-order valence-corrected chi connectivity index (χ4v) is 9.59. The monoisotopic (exact) mass is 512 g/mol. The molecule has 8 nitrogen and oxygen atoms in total. The fraction of sp³-hybridized carbons (Fsp3) is 0.750. The van der Waals surface area contributed by atoms with Crippen molar-refractivity contribution in [2.24, 2.45) is 39.9 Å². The third-order valence-electron chi connectivity index (χ3n) is 12.0. The molecule has 9 heteroatoms. The molecule has 0 amide bonds. The Kier molecular flexibility index (Phi) is 5.20. The van der Waals surface area contributed by atoms with Crippen molar-refractivity contribution >= 4 is 16.8 Å². The van der Waals surface area contributed by atoms with Crippen LogP contribution < -0.4 is 17.2 Å². The van der Waals surface area contributed by atoms with E-state index in [0.717, 1.165) is 38.5 Å². The molecule has 1 heterocycles. The molecule has 6 rings (SSSR count). The number of aliphatic hydroxyl groups is 1. The number of Topliss-reactive ketones (excluding diaryl/α,β-unsaturated/α-hetero) is 1. The minimum atomic E-state index is -0.777. The van der Waals surface area contributed by atoms with E-state index in [0.29, 0.717) is 30.3 Å². The lowest BCUT2D eigenvalue weighted by atomic mass is 9.37. The topological polar surface area (TPSA) is 146 Å². The van der Waals surface area contributed by atoms with Gasteiger partial charge in [-0.1, -0.05) is 19.1 Å². The van der Waals surface area contributed by atoms with Crippen LogP contribution in [-0.4, -0.2) is 48.1 Å². The van der Waals surface area contributed by atoms with Gasteiger partial charge < -0.3 is 22.3 Å². The summed E-state index contributed by atoms with van der Waals surface area (Å²) in [6, 6.07) is 4.30. The molecule has 0 saturated heterocycles. The van der Waals surface area contributed by atoms with Gasteiger partial charge in [0, 0.05) is 34.0 Å². The summed E-state index contributed by atoms with van der Waals surface area (Å²) >= 11 is 0. The highest BCUT2D eigenvalue weighted by Crippen LogP contribution is 2.70. The van der Waals surface area contributed by atoms with E-state index in [1.165, 1.54) is 16.8 Å². The lowest BCUT2D eigenvalue weighted by molar-refractivity contribution is -0.177. The first-order valence-corrected chi connectivity index (χ1v) is 13.8. The van der Waals surface area contributed by atoms with Gasteiger partial charge in [0.2, 0.25) is 0 Å². The number of halogens is 1. The van der Waals surface area contributed by atoms with Gasteiger partial charge in [-0.15, -0.1) is 5.10 Å². The van der Waals surface area contributed by atoms with Gasteiger partial charge in [0.05, 0.1) is 11.1 Å². The molecule has 7 N–H and O–H groups in total. The molecule has 1 unspecified atom stereocenters. The number of benzene rings is 1. The van der Waals surface area contributed by atoms with Crippen LogP contribution in [0, 0.1) is 28.5 Å². The number of nitrogens with two attached hydrogens (primary N) is 3. The van der Waals surface area contributed by atoms with Crippen LogP contribution in [0.25, 0.3) is 11.0 Å². The van der Waals surface area contributed by atoms with Crippen LogP contribution in [0.15, 0.2) is 18.2 Å². The Morgan fingerprint density at radius 2 is 1.81 bits per heavy atom. The summed E-state index contributed by atoms with van der Waals surface area (Å²) in [7, 11) is 0. The summed E-state index contributed by atoms with van der Waals surface area (Å²) in [5.74, 6) is -0.490. The average molecular weight is 513 g/mol. The summed E-state index contributed by atoms with van der Waals surface area (Å²) < 4.78 is 15.4. The smallest absolute Gasteiger partial charge is 0.158 e. The number of ketones is 1. The number of hydrogen-bond donors (Lipinski definition) is 4. The second-order valence-corrected chi connectivity index (χ2v) is 13.7. The van der Waals surface area contributed by atoms with Gasteiger partial charge in [0.25, 0.3) is 0 Å². The summed E-state index contributed by atoms with van der Waals surface area (Å²) in [5.41, 5.74) is 19.9. The van der Waals surface area contributed by atoms with Gasteiger partial charge in [-0.05, 0) is 88.2 Å². The molecular weight excluding hydrogens is 471 g/mol. The Bertz CT molecular complexity index is 1280. The third-order valence-corrected chi connectivity index (χ3v) is 12.0. The molecule has 37 heavy (non-hydrogen) atoms. The molecule has 8 atom stereocenters. The second kappa shape index (κ2) is 7.58. The van der Waals surface area contributed by atoms with Crippen LogP contribution in [0.1, 0.15) is 78.6 Å². The molecule has 0 spiro atoms. The minimum Gasteiger partial charge on any atom is -0.390 e. The molecular formula is C28H41FN6O2. The van der Waals surface area contributed by atoms with Gasteiger partial charge in [-0.2, -0.15) is 0 Å². The standard InChI is InChI=1S/C28H41FN6O2/c1-23(37)10-12-25(3)26(30,16-23)8-7-22-27(31)9-6-18(24(27,2)11-13-28(22,25)32)21(36)15-35-20-14-17(29)4-5-19(20)33-34-35/h4-5,14,18,22,37H,6-13,15-16,30-32H2,1-3H3/t18-,22+,23-,24?,25+,26-,27-,28-/m1/s1.